The highest BCUT2D eigenvalue weighted by atomic mass is 16.5. The molecule has 3 heterocycles. The Kier molecular flexibility index (Phi) is 5.58. The zero-order valence-electron chi connectivity index (χ0n) is 16.9. The Bertz CT molecular complexity index is 913. The lowest BCUT2D eigenvalue weighted by atomic mass is 10.1. The lowest BCUT2D eigenvalue weighted by molar-refractivity contribution is -0.129. The van der Waals surface area contributed by atoms with E-state index < -0.39 is 0 Å². The van der Waals surface area contributed by atoms with Crippen LogP contribution in [0.5, 0.6) is 0 Å². The molecule has 29 heavy (non-hydrogen) atoms. The number of hydrogen-bond donors (Lipinski definition) is 0. The molecule has 0 spiro atoms. The first-order valence-corrected chi connectivity index (χ1v) is 10.1. The first-order valence-electron chi connectivity index (χ1n) is 10.1. The van der Waals surface area contributed by atoms with E-state index in [1.54, 1.807) is 14.0 Å². The summed E-state index contributed by atoms with van der Waals surface area (Å²) in [5, 5.41) is 0. The monoisotopic (exact) mass is 394 g/mol. The number of benzene rings is 1. The van der Waals surface area contributed by atoms with Crippen LogP contribution in [0, 0.1) is 0 Å². The molecular formula is C22H26N4O3. The van der Waals surface area contributed by atoms with Crippen molar-refractivity contribution in [1.82, 2.24) is 19.8 Å². The summed E-state index contributed by atoms with van der Waals surface area (Å²) < 4.78 is 5.13. The molecule has 1 aromatic heterocycles. The number of likely N-dealkylation sites (tertiary alicyclic amines) is 1. The number of ether oxygens (including phenoxy) is 1. The summed E-state index contributed by atoms with van der Waals surface area (Å²) in [7, 11) is 1.66. The summed E-state index contributed by atoms with van der Waals surface area (Å²) >= 11 is 0. The second kappa shape index (κ2) is 8.29. The molecule has 0 saturated carbocycles. The van der Waals surface area contributed by atoms with Gasteiger partial charge in [0.2, 0.25) is 5.91 Å². The lowest BCUT2D eigenvalue weighted by Gasteiger charge is -2.28. The molecule has 152 valence electrons. The van der Waals surface area contributed by atoms with Crippen molar-refractivity contribution in [3.8, 4) is 0 Å². The first-order chi connectivity index (χ1) is 14.1. The van der Waals surface area contributed by atoms with Gasteiger partial charge in [-0.1, -0.05) is 12.1 Å². The van der Waals surface area contributed by atoms with Gasteiger partial charge in [0.25, 0.3) is 5.91 Å². The number of rotatable bonds is 4. The van der Waals surface area contributed by atoms with Crippen molar-refractivity contribution in [3.63, 3.8) is 0 Å². The SMILES string of the molecule is COCc1ccc(C(=O)N2CCCC2c2ncc3c(n2)CCN(C(C)=O)C3)cc1. The molecule has 1 fully saturated rings. The van der Waals surface area contributed by atoms with Gasteiger partial charge >= 0.3 is 0 Å². The van der Waals surface area contributed by atoms with Gasteiger partial charge in [0.15, 0.2) is 5.82 Å². The van der Waals surface area contributed by atoms with Crippen molar-refractivity contribution in [2.24, 2.45) is 0 Å². The first kappa shape index (κ1) is 19.5. The topological polar surface area (TPSA) is 75.6 Å². The molecule has 0 bridgehead atoms. The fourth-order valence-electron chi connectivity index (χ4n) is 4.12. The molecule has 2 aliphatic rings. The van der Waals surface area contributed by atoms with Crippen LogP contribution in [0.2, 0.25) is 0 Å². The second-order valence-electron chi connectivity index (χ2n) is 7.68. The van der Waals surface area contributed by atoms with Gasteiger partial charge in [-0.2, -0.15) is 0 Å². The zero-order chi connectivity index (χ0) is 20.4. The molecule has 4 rings (SSSR count). The molecule has 7 heteroatoms. The van der Waals surface area contributed by atoms with Gasteiger partial charge in [-0.3, -0.25) is 9.59 Å². The largest absolute Gasteiger partial charge is 0.380 e. The van der Waals surface area contributed by atoms with Crippen LogP contribution in [0.15, 0.2) is 30.5 Å². The van der Waals surface area contributed by atoms with E-state index >= 15 is 0 Å². The van der Waals surface area contributed by atoms with Crippen molar-refractivity contribution < 1.29 is 14.3 Å². The number of carbonyl (C=O) groups is 2. The summed E-state index contributed by atoms with van der Waals surface area (Å²) in [5.41, 5.74) is 3.71. The van der Waals surface area contributed by atoms with Crippen LogP contribution in [0.1, 0.15) is 58.8 Å². The van der Waals surface area contributed by atoms with Gasteiger partial charge in [0.05, 0.1) is 18.3 Å². The number of nitrogens with zero attached hydrogens (tertiary/aromatic N) is 4. The Morgan fingerprint density at radius 1 is 1.21 bits per heavy atom. The number of aromatic nitrogens is 2. The Hall–Kier alpha value is -2.80. The summed E-state index contributed by atoms with van der Waals surface area (Å²) in [5.74, 6) is 0.797. The average Bonchev–Trinajstić information content (AvgIpc) is 3.23. The molecule has 1 unspecified atom stereocenters. The van der Waals surface area contributed by atoms with Crippen LogP contribution >= 0.6 is 0 Å². The number of carbonyl (C=O) groups excluding carboxylic acids is 2. The van der Waals surface area contributed by atoms with E-state index in [1.165, 1.54) is 0 Å². The smallest absolute Gasteiger partial charge is 0.254 e. The molecule has 7 nitrogen and oxygen atoms in total. The minimum atomic E-state index is -0.0997. The molecule has 0 aliphatic carbocycles. The summed E-state index contributed by atoms with van der Waals surface area (Å²) in [6, 6.07) is 7.47. The van der Waals surface area contributed by atoms with Crippen molar-refractivity contribution >= 4 is 11.8 Å². The third-order valence-corrected chi connectivity index (χ3v) is 5.72. The van der Waals surface area contributed by atoms with Crippen LogP contribution in [0.3, 0.4) is 0 Å². The maximum Gasteiger partial charge on any atom is 0.254 e. The van der Waals surface area contributed by atoms with Gasteiger partial charge in [-0.15, -0.1) is 0 Å². The summed E-state index contributed by atoms with van der Waals surface area (Å²) in [4.78, 5) is 37.8. The molecule has 2 amide bonds. The van der Waals surface area contributed by atoms with Crippen molar-refractivity contribution in [2.75, 3.05) is 20.2 Å². The highest BCUT2D eigenvalue weighted by Gasteiger charge is 2.33. The second-order valence-corrected chi connectivity index (χ2v) is 7.68. The van der Waals surface area contributed by atoms with Crippen LogP contribution in [0.25, 0.3) is 0 Å². The molecule has 1 saturated heterocycles. The third-order valence-electron chi connectivity index (χ3n) is 5.72. The van der Waals surface area contributed by atoms with Crippen LogP contribution in [-0.4, -0.2) is 51.8 Å². The number of fused-ring (bicyclic) bond motifs is 1. The quantitative estimate of drug-likeness (QED) is 0.796. The van der Waals surface area contributed by atoms with Gasteiger partial charge < -0.3 is 14.5 Å². The molecule has 1 atom stereocenters. The van der Waals surface area contributed by atoms with Gasteiger partial charge in [0, 0.05) is 57.4 Å². The summed E-state index contributed by atoms with van der Waals surface area (Å²) in [6.07, 6.45) is 4.36. The minimum absolute atomic E-state index is 0.0144. The highest BCUT2D eigenvalue weighted by Crippen LogP contribution is 2.32. The number of hydrogen-bond acceptors (Lipinski definition) is 5. The van der Waals surface area contributed by atoms with E-state index in [2.05, 4.69) is 4.98 Å². The molecular weight excluding hydrogens is 368 g/mol. The van der Waals surface area contributed by atoms with E-state index in [4.69, 9.17) is 9.72 Å². The van der Waals surface area contributed by atoms with Crippen LogP contribution in [0.4, 0.5) is 0 Å². The van der Waals surface area contributed by atoms with Crippen molar-refractivity contribution in [2.45, 2.75) is 45.4 Å². The van der Waals surface area contributed by atoms with Gasteiger partial charge in [-0.25, -0.2) is 9.97 Å². The minimum Gasteiger partial charge on any atom is -0.380 e. The van der Waals surface area contributed by atoms with E-state index in [0.29, 0.717) is 37.6 Å². The Labute approximate surface area is 170 Å². The molecule has 2 aliphatic heterocycles. The third kappa shape index (κ3) is 4.00. The van der Waals surface area contributed by atoms with Crippen molar-refractivity contribution in [3.05, 3.63) is 58.7 Å². The lowest BCUT2D eigenvalue weighted by Crippen LogP contribution is -2.36. The van der Waals surface area contributed by atoms with Gasteiger partial charge in [0.1, 0.15) is 0 Å². The molecule has 2 aromatic rings. The number of amides is 2. The van der Waals surface area contributed by atoms with Crippen LogP contribution < -0.4 is 0 Å². The Morgan fingerprint density at radius 2 is 2.00 bits per heavy atom. The molecule has 0 N–H and O–H groups in total. The maximum atomic E-state index is 13.1. The van der Waals surface area contributed by atoms with Crippen LogP contribution in [-0.2, 0) is 29.1 Å². The standard InChI is InChI=1S/C22H26N4O3/c1-15(27)25-11-9-19-18(13-25)12-23-21(24-19)20-4-3-10-26(20)22(28)17-7-5-16(6-8-17)14-29-2/h5-8,12,20H,3-4,9-11,13-14H2,1-2H3. The van der Waals surface area contributed by atoms with E-state index in [9.17, 15) is 9.59 Å². The van der Waals surface area contributed by atoms with E-state index in [0.717, 1.165) is 36.1 Å². The zero-order valence-corrected chi connectivity index (χ0v) is 16.9. The molecule has 0 radical (unpaired) electrons. The highest BCUT2D eigenvalue weighted by molar-refractivity contribution is 5.94. The average molecular weight is 394 g/mol. The fraction of sp³-hybridized carbons (Fsp3) is 0.455. The van der Waals surface area contributed by atoms with Gasteiger partial charge in [-0.05, 0) is 30.5 Å². The predicted molar refractivity (Wildman–Crippen MR) is 107 cm³/mol. The summed E-state index contributed by atoms with van der Waals surface area (Å²) in [6.45, 7) is 4.07. The normalized spacial score (nSPS) is 18.6. The number of methoxy groups -OCH3 is 1. The van der Waals surface area contributed by atoms with Crippen molar-refractivity contribution in [1.29, 1.82) is 0 Å². The van der Waals surface area contributed by atoms with E-state index in [1.807, 2.05) is 40.3 Å². The maximum absolute atomic E-state index is 13.1. The molecule has 1 aromatic carbocycles. The fourth-order valence-corrected chi connectivity index (χ4v) is 4.12. The Morgan fingerprint density at radius 3 is 2.72 bits per heavy atom. The van der Waals surface area contributed by atoms with E-state index in [-0.39, 0.29) is 17.9 Å². The predicted octanol–water partition coefficient (Wildman–Crippen LogP) is 2.50. The Balaban J connectivity index is 1.52.